The molecule has 0 N–H and O–H groups in total. The van der Waals surface area contributed by atoms with Crippen LogP contribution in [0, 0.1) is 0 Å². The number of ketones is 1. The molecule has 0 amide bonds. The van der Waals surface area contributed by atoms with Crippen LogP contribution in [0.15, 0.2) is 54.1 Å². The Kier molecular flexibility index (Phi) is 7.69. The molecule has 0 bridgehead atoms. The molecule has 0 atom stereocenters. The molecule has 0 heterocycles. The quantitative estimate of drug-likeness (QED) is 0.349. The Bertz CT molecular complexity index is 859. The molecule has 0 aromatic heterocycles. The van der Waals surface area contributed by atoms with Crippen LogP contribution in [0.5, 0.6) is 23.0 Å². The summed E-state index contributed by atoms with van der Waals surface area (Å²) in [6.45, 7) is 4.32. The zero-order valence-corrected chi connectivity index (χ0v) is 16.9. The van der Waals surface area contributed by atoms with Gasteiger partial charge in [-0.3, -0.25) is 4.79 Å². The van der Waals surface area contributed by atoms with Crippen LogP contribution in [0.4, 0.5) is 0 Å². The molecule has 28 heavy (non-hydrogen) atoms. The lowest BCUT2D eigenvalue weighted by molar-refractivity contribution is 0.104. The third-order valence-corrected chi connectivity index (χ3v) is 4.01. The standard InChI is InChI=1S/C23H26O5/c1-16(2)12-13-28-22-15-19(26-4)14-21(27-5)23(22)20(24)11-8-17-6-9-18(25-3)10-7-17/h6-12,14-15H,13H2,1-5H3/b11-8+. The van der Waals surface area contributed by atoms with Crippen molar-refractivity contribution in [1.82, 2.24) is 0 Å². The SMILES string of the molecule is COc1ccc(/C=C/C(=O)c2c(OC)cc(OC)cc2OCC=C(C)C)cc1. The van der Waals surface area contributed by atoms with E-state index in [2.05, 4.69) is 0 Å². The highest BCUT2D eigenvalue weighted by atomic mass is 16.5. The van der Waals surface area contributed by atoms with Crippen LogP contribution in [0.25, 0.3) is 6.08 Å². The molecule has 0 saturated heterocycles. The van der Waals surface area contributed by atoms with Gasteiger partial charge in [0.2, 0.25) is 0 Å². The molecule has 2 rings (SSSR count). The molecule has 0 fully saturated rings. The molecule has 0 saturated carbocycles. The predicted octanol–water partition coefficient (Wildman–Crippen LogP) is 4.95. The van der Waals surface area contributed by atoms with Gasteiger partial charge >= 0.3 is 0 Å². The Morgan fingerprint density at radius 1 is 0.893 bits per heavy atom. The van der Waals surface area contributed by atoms with Gasteiger partial charge in [0, 0.05) is 12.1 Å². The number of rotatable bonds is 9. The second kappa shape index (κ2) is 10.2. The molecule has 0 aliphatic carbocycles. The Morgan fingerprint density at radius 2 is 1.54 bits per heavy atom. The number of methoxy groups -OCH3 is 3. The highest BCUT2D eigenvalue weighted by molar-refractivity contribution is 6.10. The van der Waals surface area contributed by atoms with Crippen molar-refractivity contribution in [3.63, 3.8) is 0 Å². The van der Waals surface area contributed by atoms with Gasteiger partial charge in [-0.05, 0) is 43.7 Å². The maximum absolute atomic E-state index is 12.9. The number of allylic oxidation sites excluding steroid dienone is 2. The first-order chi connectivity index (χ1) is 13.5. The van der Waals surface area contributed by atoms with Gasteiger partial charge in [0.25, 0.3) is 0 Å². The van der Waals surface area contributed by atoms with Crippen molar-refractivity contribution in [2.24, 2.45) is 0 Å². The van der Waals surface area contributed by atoms with Crippen molar-refractivity contribution >= 4 is 11.9 Å². The molecule has 0 unspecified atom stereocenters. The summed E-state index contributed by atoms with van der Waals surface area (Å²) in [5, 5.41) is 0. The van der Waals surface area contributed by atoms with Gasteiger partial charge in [-0.1, -0.05) is 23.8 Å². The highest BCUT2D eigenvalue weighted by Gasteiger charge is 2.19. The Labute approximate surface area is 166 Å². The fourth-order valence-electron chi connectivity index (χ4n) is 2.47. The van der Waals surface area contributed by atoms with Crippen molar-refractivity contribution in [3.05, 3.63) is 65.3 Å². The smallest absolute Gasteiger partial charge is 0.193 e. The summed E-state index contributed by atoms with van der Waals surface area (Å²) in [6.07, 6.45) is 5.18. The lowest BCUT2D eigenvalue weighted by atomic mass is 10.1. The molecule has 2 aromatic carbocycles. The number of carbonyl (C=O) groups excluding carboxylic acids is 1. The van der Waals surface area contributed by atoms with Crippen LogP contribution < -0.4 is 18.9 Å². The molecule has 0 radical (unpaired) electrons. The molecule has 5 heteroatoms. The van der Waals surface area contributed by atoms with E-state index in [4.69, 9.17) is 18.9 Å². The third kappa shape index (κ3) is 5.64. The summed E-state index contributed by atoms with van der Waals surface area (Å²) >= 11 is 0. The van der Waals surface area contributed by atoms with Crippen molar-refractivity contribution in [3.8, 4) is 23.0 Å². The summed E-state index contributed by atoms with van der Waals surface area (Å²) in [5.74, 6) is 1.91. The van der Waals surface area contributed by atoms with E-state index in [-0.39, 0.29) is 5.78 Å². The fourth-order valence-corrected chi connectivity index (χ4v) is 2.47. The second-order valence-electron chi connectivity index (χ2n) is 6.27. The normalized spacial score (nSPS) is 10.5. The van der Waals surface area contributed by atoms with E-state index in [1.807, 2.05) is 44.2 Å². The summed E-state index contributed by atoms with van der Waals surface area (Å²) < 4.78 is 21.7. The first-order valence-corrected chi connectivity index (χ1v) is 8.87. The van der Waals surface area contributed by atoms with Crippen LogP contribution in [0.2, 0.25) is 0 Å². The zero-order valence-electron chi connectivity index (χ0n) is 16.9. The molecule has 148 valence electrons. The lowest BCUT2D eigenvalue weighted by Gasteiger charge is -2.14. The molecule has 0 aliphatic rings. The predicted molar refractivity (Wildman–Crippen MR) is 111 cm³/mol. The monoisotopic (exact) mass is 382 g/mol. The number of hydrogen-bond acceptors (Lipinski definition) is 5. The fraction of sp³-hybridized carbons (Fsp3) is 0.261. The minimum absolute atomic E-state index is 0.220. The van der Waals surface area contributed by atoms with Gasteiger partial charge < -0.3 is 18.9 Å². The Hall–Kier alpha value is -3.21. The van der Waals surface area contributed by atoms with Crippen molar-refractivity contribution in [2.75, 3.05) is 27.9 Å². The highest BCUT2D eigenvalue weighted by Crippen LogP contribution is 2.35. The summed E-state index contributed by atoms with van der Waals surface area (Å²) in [4.78, 5) is 12.9. The van der Waals surface area contributed by atoms with E-state index in [1.165, 1.54) is 13.2 Å². The minimum atomic E-state index is -0.220. The minimum Gasteiger partial charge on any atom is -0.497 e. The number of benzene rings is 2. The first-order valence-electron chi connectivity index (χ1n) is 8.87. The molecular weight excluding hydrogens is 356 g/mol. The van der Waals surface area contributed by atoms with Crippen molar-refractivity contribution in [1.29, 1.82) is 0 Å². The number of carbonyl (C=O) groups is 1. The van der Waals surface area contributed by atoms with Gasteiger partial charge in [0.15, 0.2) is 5.78 Å². The molecule has 5 nitrogen and oxygen atoms in total. The van der Waals surface area contributed by atoms with E-state index >= 15 is 0 Å². The zero-order chi connectivity index (χ0) is 20.5. The lowest BCUT2D eigenvalue weighted by Crippen LogP contribution is -2.06. The average molecular weight is 382 g/mol. The van der Waals surface area contributed by atoms with E-state index in [1.54, 1.807) is 32.4 Å². The van der Waals surface area contributed by atoms with Gasteiger partial charge in [0.1, 0.15) is 35.2 Å². The maximum atomic E-state index is 12.9. The molecule has 0 spiro atoms. The summed E-state index contributed by atoms with van der Waals surface area (Å²) in [7, 11) is 4.68. The largest absolute Gasteiger partial charge is 0.497 e. The molecule has 2 aromatic rings. The Morgan fingerprint density at radius 3 is 2.11 bits per heavy atom. The van der Waals surface area contributed by atoms with Gasteiger partial charge in [-0.2, -0.15) is 0 Å². The van der Waals surface area contributed by atoms with Crippen LogP contribution >= 0.6 is 0 Å². The van der Waals surface area contributed by atoms with Gasteiger partial charge in [-0.15, -0.1) is 0 Å². The summed E-state index contributed by atoms with van der Waals surface area (Å²) in [5.41, 5.74) is 2.37. The van der Waals surface area contributed by atoms with E-state index < -0.39 is 0 Å². The van der Waals surface area contributed by atoms with E-state index in [0.29, 0.717) is 29.4 Å². The molecular formula is C23H26O5. The van der Waals surface area contributed by atoms with E-state index in [9.17, 15) is 4.79 Å². The van der Waals surface area contributed by atoms with Crippen LogP contribution in [-0.2, 0) is 0 Å². The number of ether oxygens (including phenoxy) is 4. The van der Waals surface area contributed by atoms with Crippen LogP contribution in [-0.4, -0.2) is 33.7 Å². The van der Waals surface area contributed by atoms with Crippen molar-refractivity contribution in [2.45, 2.75) is 13.8 Å². The third-order valence-electron chi connectivity index (χ3n) is 4.01. The topological polar surface area (TPSA) is 54.0 Å². The van der Waals surface area contributed by atoms with Gasteiger partial charge in [-0.25, -0.2) is 0 Å². The average Bonchev–Trinajstić information content (AvgIpc) is 2.71. The second-order valence-corrected chi connectivity index (χ2v) is 6.27. The van der Waals surface area contributed by atoms with E-state index in [0.717, 1.165) is 16.9 Å². The Balaban J connectivity index is 2.35. The van der Waals surface area contributed by atoms with Crippen LogP contribution in [0.1, 0.15) is 29.8 Å². The number of hydrogen-bond donors (Lipinski definition) is 0. The maximum Gasteiger partial charge on any atom is 0.193 e. The van der Waals surface area contributed by atoms with Crippen molar-refractivity contribution < 1.29 is 23.7 Å². The van der Waals surface area contributed by atoms with Crippen LogP contribution in [0.3, 0.4) is 0 Å². The van der Waals surface area contributed by atoms with Gasteiger partial charge in [0.05, 0.1) is 21.3 Å². The summed E-state index contributed by atoms with van der Waals surface area (Å²) in [6, 6.07) is 10.8. The first kappa shape index (κ1) is 21.1. The molecule has 0 aliphatic heterocycles.